The van der Waals surface area contributed by atoms with Gasteiger partial charge in [0.05, 0.1) is 5.69 Å². The molecule has 1 unspecified atom stereocenters. The summed E-state index contributed by atoms with van der Waals surface area (Å²) in [7, 11) is 0. The molecule has 4 saturated carbocycles. The third-order valence-corrected chi connectivity index (χ3v) is 5.67. The lowest BCUT2D eigenvalue weighted by atomic mass is 9.51. The van der Waals surface area contributed by atoms with Gasteiger partial charge in [-0.25, -0.2) is 0 Å². The van der Waals surface area contributed by atoms with Crippen molar-refractivity contribution in [2.24, 2.45) is 29.4 Å². The van der Waals surface area contributed by atoms with Gasteiger partial charge >= 0.3 is 0 Å². The number of nitrogens with zero attached hydrogens (tertiary/aromatic N) is 1. The summed E-state index contributed by atoms with van der Waals surface area (Å²) in [5.41, 5.74) is 7.07. The third-order valence-electron chi connectivity index (χ3n) is 5.67. The first kappa shape index (κ1) is 12.0. The Labute approximate surface area is 114 Å². The molecule has 0 saturated heterocycles. The molecular formula is C16H24N2O. The van der Waals surface area contributed by atoms with E-state index in [0.29, 0.717) is 5.92 Å². The van der Waals surface area contributed by atoms with Crippen LogP contribution in [0.25, 0.3) is 0 Å². The highest BCUT2D eigenvalue weighted by Gasteiger charge is 2.49. The Hall–Kier alpha value is -0.830. The van der Waals surface area contributed by atoms with Crippen LogP contribution >= 0.6 is 0 Å². The maximum Gasteiger partial charge on any atom is 0.138 e. The van der Waals surface area contributed by atoms with Crippen molar-refractivity contribution in [1.82, 2.24) is 5.16 Å². The summed E-state index contributed by atoms with van der Waals surface area (Å²) in [6, 6.07) is 2.34. The van der Waals surface area contributed by atoms with E-state index in [2.05, 4.69) is 11.2 Å². The molecule has 0 amide bonds. The molecule has 1 aromatic heterocycles. The maximum atomic E-state index is 5.84. The lowest BCUT2D eigenvalue weighted by Gasteiger charge is -2.53. The quantitative estimate of drug-likeness (QED) is 0.908. The first-order valence-corrected chi connectivity index (χ1v) is 7.90. The Morgan fingerprint density at radius 1 is 1.21 bits per heavy atom. The second kappa shape index (κ2) is 4.34. The van der Waals surface area contributed by atoms with Crippen molar-refractivity contribution in [1.29, 1.82) is 0 Å². The summed E-state index contributed by atoms with van der Waals surface area (Å²) in [4.78, 5) is 0. The molecule has 0 spiro atoms. The van der Waals surface area contributed by atoms with Crippen LogP contribution in [0.3, 0.4) is 0 Å². The smallest absolute Gasteiger partial charge is 0.138 e. The second-order valence-electron chi connectivity index (χ2n) is 7.36. The van der Waals surface area contributed by atoms with E-state index in [1.807, 2.05) is 6.92 Å². The summed E-state index contributed by atoms with van der Waals surface area (Å²) in [6.45, 7) is 2.02. The van der Waals surface area contributed by atoms with Gasteiger partial charge in [-0.1, -0.05) is 5.16 Å². The topological polar surface area (TPSA) is 52.0 Å². The molecule has 3 nitrogen and oxygen atoms in total. The van der Waals surface area contributed by atoms with Crippen molar-refractivity contribution in [3.05, 3.63) is 17.5 Å². The van der Waals surface area contributed by atoms with E-state index in [-0.39, 0.29) is 6.04 Å². The van der Waals surface area contributed by atoms with Crippen LogP contribution in [0.5, 0.6) is 0 Å². The van der Waals surface area contributed by atoms with Crippen molar-refractivity contribution in [3.63, 3.8) is 0 Å². The van der Waals surface area contributed by atoms with Gasteiger partial charge in [0, 0.05) is 24.4 Å². The molecule has 19 heavy (non-hydrogen) atoms. The van der Waals surface area contributed by atoms with Crippen LogP contribution in [-0.4, -0.2) is 11.2 Å². The number of hydrogen-bond donors (Lipinski definition) is 1. The van der Waals surface area contributed by atoms with E-state index in [1.54, 1.807) is 0 Å². The third kappa shape index (κ3) is 2.03. The highest BCUT2D eigenvalue weighted by Crippen LogP contribution is 2.59. The lowest BCUT2D eigenvalue weighted by Crippen LogP contribution is -2.43. The van der Waals surface area contributed by atoms with E-state index >= 15 is 0 Å². The van der Waals surface area contributed by atoms with Gasteiger partial charge < -0.3 is 10.3 Å². The average Bonchev–Trinajstić information content (AvgIpc) is 2.75. The van der Waals surface area contributed by atoms with E-state index in [9.17, 15) is 0 Å². The van der Waals surface area contributed by atoms with Crippen molar-refractivity contribution in [2.75, 3.05) is 0 Å². The van der Waals surface area contributed by atoms with E-state index in [1.165, 1.54) is 37.8 Å². The summed E-state index contributed by atoms with van der Waals surface area (Å²) < 4.78 is 5.50. The predicted molar refractivity (Wildman–Crippen MR) is 73.6 cm³/mol. The van der Waals surface area contributed by atoms with Crippen LogP contribution in [0, 0.1) is 23.7 Å². The molecule has 5 rings (SSSR count). The molecule has 1 heterocycles. The molecule has 1 atom stereocenters. The minimum atomic E-state index is 0.152. The molecule has 4 fully saturated rings. The van der Waals surface area contributed by atoms with Crippen LogP contribution in [0.2, 0.25) is 0 Å². The monoisotopic (exact) mass is 260 g/mol. The van der Waals surface area contributed by atoms with Crippen molar-refractivity contribution < 1.29 is 4.52 Å². The molecule has 0 radical (unpaired) electrons. The van der Waals surface area contributed by atoms with E-state index < -0.39 is 0 Å². The number of rotatable bonds is 3. The van der Waals surface area contributed by atoms with E-state index in [0.717, 1.165) is 35.9 Å². The van der Waals surface area contributed by atoms with Crippen LogP contribution in [-0.2, 0) is 6.42 Å². The summed E-state index contributed by atoms with van der Waals surface area (Å²) in [5, 5.41) is 4.38. The molecule has 104 valence electrons. The van der Waals surface area contributed by atoms with Gasteiger partial charge in [-0.2, -0.15) is 0 Å². The Balaban J connectivity index is 1.57. The number of nitrogens with two attached hydrogens (primary N) is 1. The summed E-state index contributed by atoms with van der Waals surface area (Å²) in [5.74, 6) is 5.45. The first-order chi connectivity index (χ1) is 9.19. The Morgan fingerprint density at radius 2 is 1.84 bits per heavy atom. The largest absolute Gasteiger partial charge is 0.361 e. The van der Waals surface area contributed by atoms with Gasteiger partial charge in [0.25, 0.3) is 0 Å². The number of hydrogen-bond acceptors (Lipinski definition) is 3. The fourth-order valence-corrected chi connectivity index (χ4v) is 5.31. The minimum absolute atomic E-state index is 0.152. The average molecular weight is 260 g/mol. The van der Waals surface area contributed by atoms with Gasteiger partial charge in [-0.05, 0) is 62.7 Å². The molecule has 3 heteroatoms. The van der Waals surface area contributed by atoms with Crippen molar-refractivity contribution in [2.45, 2.75) is 57.4 Å². The zero-order valence-electron chi connectivity index (χ0n) is 11.7. The van der Waals surface area contributed by atoms with Gasteiger partial charge in [-0.3, -0.25) is 0 Å². The van der Waals surface area contributed by atoms with Crippen molar-refractivity contribution in [3.8, 4) is 0 Å². The highest BCUT2D eigenvalue weighted by atomic mass is 16.5. The Bertz CT molecular complexity index is 437. The van der Waals surface area contributed by atoms with Crippen LogP contribution in [0.4, 0.5) is 0 Å². The first-order valence-electron chi connectivity index (χ1n) is 7.90. The minimum Gasteiger partial charge on any atom is -0.361 e. The van der Waals surface area contributed by atoms with Gasteiger partial charge in [0.2, 0.25) is 0 Å². The van der Waals surface area contributed by atoms with Crippen molar-refractivity contribution >= 4 is 0 Å². The normalized spacial score (nSPS) is 41.7. The predicted octanol–water partition coefficient (Wildman–Crippen LogP) is 3.10. The van der Waals surface area contributed by atoms with Crippen LogP contribution in [0.1, 0.15) is 56.4 Å². The standard InChI is InChI=1S/C16H24N2O/c1-9(17)2-14-8-15(18-19-14)16-12-4-10-3-11(6-12)7-13(16)5-10/h8-13,16H,2-7,17H2,1H3. The molecule has 2 N–H and O–H groups in total. The second-order valence-corrected chi connectivity index (χ2v) is 7.36. The molecule has 0 aliphatic heterocycles. The number of aromatic nitrogens is 1. The molecule has 4 aliphatic rings. The van der Waals surface area contributed by atoms with Crippen LogP contribution < -0.4 is 5.73 Å². The highest BCUT2D eigenvalue weighted by molar-refractivity contribution is 5.18. The summed E-state index contributed by atoms with van der Waals surface area (Å²) >= 11 is 0. The fraction of sp³-hybridized carbons (Fsp3) is 0.812. The molecule has 1 aromatic rings. The molecule has 4 bridgehead atoms. The zero-order valence-corrected chi connectivity index (χ0v) is 11.7. The SMILES string of the molecule is CC(N)Cc1cc(C2C3CC4CC(C3)CC2C4)no1. The zero-order chi connectivity index (χ0) is 13.0. The van der Waals surface area contributed by atoms with Gasteiger partial charge in [0.15, 0.2) is 0 Å². The van der Waals surface area contributed by atoms with Crippen LogP contribution in [0.15, 0.2) is 10.6 Å². The lowest BCUT2D eigenvalue weighted by molar-refractivity contribution is -0.00506. The van der Waals surface area contributed by atoms with Gasteiger partial charge in [0.1, 0.15) is 5.76 Å². The van der Waals surface area contributed by atoms with Gasteiger partial charge in [-0.15, -0.1) is 0 Å². The molecule has 0 aromatic carbocycles. The fourth-order valence-electron chi connectivity index (χ4n) is 5.31. The summed E-state index contributed by atoms with van der Waals surface area (Å²) in [6.07, 6.45) is 8.06. The van der Waals surface area contributed by atoms with E-state index in [4.69, 9.17) is 10.3 Å². The molecule has 4 aliphatic carbocycles. The Morgan fingerprint density at radius 3 is 2.42 bits per heavy atom. The Kier molecular flexibility index (Phi) is 2.73. The maximum absolute atomic E-state index is 5.84. The molecular weight excluding hydrogens is 236 g/mol.